The molecule has 0 fully saturated rings. The fourth-order valence-corrected chi connectivity index (χ4v) is 2.38. The van der Waals surface area contributed by atoms with Gasteiger partial charge in [0.1, 0.15) is 0 Å². The first kappa shape index (κ1) is 11.4. The molecule has 0 aliphatic heterocycles. The van der Waals surface area contributed by atoms with Crippen molar-refractivity contribution in [3.63, 3.8) is 0 Å². The molecule has 0 saturated carbocycles. The number of hydrogen-bond donors (Lipinski definition) is 1. The molecule has 0 aliphatic carbocycles. The van der Waals surface area contributed by atoms with Gasteiger partial charge < -0.3 is 5.11 Å². The molecule has 2 heteroatoms. The molecule has 16 heavy (non-hydrogen) atoms. The highest BCUT2D eigenvalue weighted by molar-refractivity contribution is 9.10. The zero-order valence-corrected chi connectivity index (χ0v) is 10.3. The van der Waals surface area contributed by atoms with Gasteiger partial charge in [-0.1, -0.05) is 58.4 Å². The summed E-state index contributed by atoms with van der Waals surface area (Å²) in [6, 6.07) is 15.8. The van der Waals surface area contributed by atoms with Crippen LogP contribution in [0.3, 0.4) is 0 Å². The van der Waals surface area contributed by atoms with E-state index >= 15 is 0 Å². The van der Waals surface area contributed by atoms with Crippen molar-refractivity contribution in [2.45, 2.75) is 6.10 Å². The second-order valence-electron chi connectivity index (χ2n) is 3.58. The first-order valence-electron chi connectivity index (χ1n) is 5.05. The van der Waals surface area contributed by atoms with Crippen molar-refractivity contribution < 1.29 is 5.11 Å². The molecule has 0 spiro atoms. The van der Waals surface area contributed by atoms with E-state index in [2.05, 4.69) is 22.9 Å². The standard InChI is InChI=1S/C14H12BrO/c1-10(16)14-12(8-5-9-13(14)15)11-6-3-2-4-7-11/h2-10,16H,1H2. The van der Waals surface area contributed by atoms with Crippen LogP contribution in [0, 0.1) is 6.92 Å². The number of hydrogen-bond acceptors (Lipinski definition) is 1. The Hall–Kier alpha value is -1.12. The minimum absolute atomic E-state index is 0.731. The van der Waals surface area contributed by atoms with E-state index in [0.717, 1.165) is 21.2 Å². The first-order chi connectivity index (χ1) is 7.70. The average Bonchev–Trinajstić information content (AvgIpc) is 2.29. The van der Waals surface area contributed by atoms with Crippen LogP contribution in [0.15, 0.2) is 53.0 Å². The molecular weight excluding hydrogens is 264 g/mol. The Kier molecular flexibility index (Phi) is 3.42. The Balaban J connectivity index is 2.61. The van der Waals surface area contributed by atoms with Gasteiger partial charge >= 0.3 is 0 Å². The number of halogens is 1. The summed E-state index contributed by atoms with van der Waals surface area (Å²) >= 11 is 3.44. The second kappa shape index (κ2) is 4.81. The average molecular weight is 276 g/mol. The van der Waals surface area contributed by atoms with E-state index in [1.165, 1.54) is 0 Å². The summed E-state index contributed by atoms with van der Waals surface area (Å²) in [7, 11) is 0. The van der Waals surface area contributed by atoms with Gasteiger partial charge in [-0.15, -0.1) is 0 Å². The van der Waals surface area contributed by atoms with Crippen molar-refractivity contribution in [3.05, 3.63) is 65.5 Å². The molecule has 2 aromatic rings. The number of rotatable bonds is 2. The predicted octanol–water partition coefficient (Wildman–Crippen LogP) is 3.98. The summed E-state index contributed by atoms with van der Waals surface area (Å²) in [4.78, 5) is 0. The van der Waals surface area contributed by atoms with Crippen molar-refractivity contribution in [1.82, 2.24) is 0 Å². The van der Waals surface area contributed by atoms with Crippen LogP contribution < -0.4 is 0 Å². The Morgan fingerprint density at radius 1 is 1.00 bits per heavy atom. The lowest BCUT2D eigenvalue weighted by atomic mass is 9.97. The Morgan fingerprint density at radius 2 is 1.69 bits per heavy atom. The largest absolute Gasteiger partial charge is 0.388 e. The van der Waals surface area contributed by atoms with Gasteiger partial charge in [0.25, 0.3) is 0 Å². The molecule has 0 amide bonds. The quantitative estimate of drug-likeness (QED) is 0.879. The third-order valence-corrected chi connectivity index (χ3v) is 3.16. The van der Waals surface area contributed by atoms with Gasteiger partial charge in [0.2, 0.25) is 0 Å². The van der Waals surface area contributed by atoms with E-state index in [9.17, 15) is 5.11 Å². The smallest absolute Gasteiger partial charge is 0.0808 e. The summed E-state index contributed by atoms with van der Waals surface area (Å²) in [6.45, 7) is 3.68. The maximum Gasteiger partial charge on any atom is 0.0808 e. The molecule has 1 unspecified atom stereocenters. The SMILES string of the molecule is [CH2]C(O)c1c(Br)cccc1-c1ccccc1. The highest BCUT2D eigenvalue weighted by Crippen LogP contribution is 2.33. The molecule has 1 atom stereocenters. The Labute approximate surface area is 104 Å². The van der Waals surface area contributed by atoms with Gasteiger partial charge in [-0.05, 0) is 24.1 Å². The van der Waals surface area contributed by atoms with E-state index in [-0.39, 0.29) is 0 Å². The highest BCUT2D eigenvalue weighted by Gasteiger charge is 2.12. The third-order valence-electron chi connectivity index (χ3n) is 2.47. The summed E-state index contributed by atoms with van der Waals surface area (Å²) in [5.74, 6) is 0. The maximum atomic E-state index is 9.71. The molecule has 2 rings (SSSR count). The van der Waals surface area contributed by atoms with Crippen LogP contribution in [0.4, 0.5) is 0 Å². The summed E-state index contributed by atoms with van der Waals surface area (Å²) in [5.41, 5.74) is 2.92. The highest BCUT2D eigenvalue weighted by atomic mass is 79.9. The predicted molar refractivity (Wildman–Crippen MR) is 69.9 cm³/mol. The third kappa shape index (κ3) is 2.18. The number of aliphatic hydroxyl groups is 1. The van der Waals surface area contributed by atoms with Gasteiger partial charge in [0.05, 0.1) is 6.10 Å². The minimum atomic E-state index is -0.731. The molecule has 1 N–H and O–H groups in total. The lowest BCUT2D eigenvalue weighted by Crippen LogP contribution is -1.96. The molecule has 0 bridgehead atoms. The van der Waals surface area contributed by atoms with Gasteiger partial charge in [-0.3, -0.25) is 0 Å². The molecule has 0 aromatic heterocycles. The van der Waals surface area contributed by atoms with E-state index < -0.39 is 6.10 Å². The van der Waals surface area contributed by atoms with E-state index in [1.807, 2.05) is 48.5 Å². The van der Waals surface area contributed by atoms with Crippen molar-refractivity contribution in [1.29, 1.82) is 0 Å². The first-order valence-corrected chi connectivity index (χ1v) is 5.84. The van der Waals surface area contributed by atoms with Crippen LogP contribution in [-0.4, -0.2) is 5.11 Å². The molecule has 81 valence electrons. The molecule has 1 radical (unpaired) electrons. The summed E-state index contributed by atoms with van der Waals surface area (Å²) in [5, 5.41) is 9.71. The zero-order valence-electron chi connectivity index (χ0n) is 8.73. The minimum Gasteiger partial charge on any atom is -0.388 e. The zero-order chi connectivity index (χ0) is 11.5. The van der Waals surface area contributed by atoms with Gasteiger partial charge in [0.15, 0.2) is 0 Å². The summed E-state index contributed by atoms with van der Waals surface area (Å²) in [6.07, 6.45) is -0.731. The normalized spacial score (nSPS) is 12.4. The van der Waals surface area contributed by atoms with Crippen molar-refractivity contribution in [3.8, 4) is 11.1 Å². The second-order valence-corrected chi connectivity index (χ2v) is 4.44. The van der Waals surface area contributed by atoms with E-state index in [0.29, 0.717) is 0 Å². The van der Waals surface area contributed by atoms with Gasteiger partial charge in [-0.25, -0.2) is 0 Å². The van der Waals surface area contributed by atoms with Crippen molar-refractivity contribution >= 4 is 15.9 Å². The number of benzene rings is 2. The molecule has 0 heterocycles. The monoisotopic (exact) mass is 275 g/mol. The van der Waals surface area contributed by atoms with E-state index in [1.54, 1.807) is 0 Å². The van der Waals surface area contributed by atoms with Crippen molar-refractivity contribution in [2.75, 3.05) is 0 Å². The maximum absolute atomic E-state index is 9.71. The Morgan fingerprint density at radius 3 is 2.31 bits per heavy atom. The number of aliphatic hydroxyl groups excluding tert-OH is 1. The van der Waals surface area contributed by atoms with E-state index in [4.69, 9.17) is 0 Å². The molecule has 0 saturated heterocycles. The van der Waals surface area contributed by atoms with Crippen LogP contribution in [0.25, 0.3) is 11.1 Å². The fraction of sp³-hybridized carbons (Fsp3) is 0.0714. The molecule has 1 nitrogen and oxygen atoms in total. The topological polar surface area (TPSA) is 20.2 Å². The van der Waals surface area contributed by atoms with Crippen LogP contribution in [0.1, 0.15) is 11.7 Å². The molecule has 0 aliphatic rings. The lowest BCUT2D eigenvalue weighted by Gasteiger charge is -2.14. The molecular formula is C14H12BrO. The molecule has 2 aromatic carbocycles. The fourth-order valence-electron chi connectivity index (χ4n) is 1.75. The van der Waals surface area contributed by atoms with Crippen molar-refractivity contribution in [2.24, 2.45) is 0 Å². The summed E-state index contributed by atoms with van der Waals surface area (Å²) < 4.78 is 0.886. The Bertz CT molecular complexity index is 477. The van der Waals surface area contributed by atoms with Gasteiger partial charge in [-0.2, -0.15) is 0 Å². The van der Waals surface area contributed by atoms with Gasteiger partial charge in [0, 0.05) is 10.0 Å². The van der Waals surface area contributed by atoms with Crippen LogP contribution in [0.2, 0.25) is 0 Å². The van der Waals surface area contributed by atoms with Crippen LogP contribution in [-0.2, 0) is 0 Å². The lowest BCUT2D eigenvalue weighted by molar-refractivity contribution is 0.226. The van der Waals surface area contributed by atoms with Crippen LogP contribution >= 0.6 is 15.9 Å². The van der Waals surface area contributed by atoms with Crippen LogP contribution in [0.5, 0.6) is 0 Å².